The van der Waals surface area contributed by atoms with Gasteiger partial charge in [0.2, 0.25) is 5.91 Å². The summed E-state index contributed by atoms with van der Waals surface area (Å²) < 4.78 is 0. The van der Waals surface area contributed by atoms with E-state index in [4.69, 9.17) is 11.6 Å². The molecular weight excluding hydrogens is 284 g/mol. The van der Waals surface area contributed by atoms with Gasteiger partial charge in [-0.15, -0.1) is 0 Å². The van der Waals surface area contributed by atoms with Crippen LogP contribution < -0.4 is 5.32 Å². The number of hydrogen-bond acceptors (Lipinski definition) is 2. The summed E-state index contributed by atoms with van der Waals surface area (Å²) in [6, 6.07) is 7.64. The van der Waals surface area contributed by atoms with Crippen molar-refractivity contribution in [2.75, 3.05) is 26.7 Å². The molecule has 1 amide bonds. The third-order valence-corrected chi connectivity index (χ3v) is 4.81. The Morgan fingerprint density at radius 3 is 2.52 bits per heavy atom. The van der Waals surface area contributed by atoms with Crippen molar-refractivity contribution in [3.8, 4) is 0 Å². The van der Waals surface area contributed by atoms with E-state index in [2.05, 4.69) is 5.32 Å². The molecule has 21 heavy (non-hydrogen) atoms. The molecule has 1 aromatic rings. The predicted octanol–water partition coefficient (Wildman–Crippen LogP) is 3.08. The zero-order valence-corrected chi connectivity index (χ0v) is 13.9. The molecule has 0 saturated carbocycles. The summed E-state index contributed by atoms with van der Waals surface area (Å²) in [7, 11) is 1.98. The smallest absolute Gasteiger partial charge is 0.232 e. The van der Waals surface area contributed by atoms with E-state index in [1.807, 2.05) is 50.1 Å². The Bertz CT molecular complexity index is 493. The molecule has 0 atom stereocenters. The number of benzene rings is 1. The number of carbonyl (C=O) groups excluding carboxylic acids is 1. The van der Waals surface area contributed by atoms with Gasteiger partial charge < -0.3 is 10.2 Å². The molecular formula is C17H25ClN2O. The summed E-state index contributed by atoms with van der Waals surface area (Å²) in [4.78, 5) is 14.9. The van der Waals surface area contributed by atoms with E-state index in [9.17, 15) is 4.79 Å². The van der Waals surface area contributed by atoms with Crippen LogP contribution in [0, 0.1) is 5.92 Å². The van der Waals surface area contributed by atoms with Crippen molar-refractivity contribution in [2.45, 2.75) is 32.1 Å². The van der Waals surface area contributed by atoms with Crippen LogP contribution in [0.5, 0.6) is 0 Å². The lowest BCUT2D eigenvalue weighted by Gasteiger charge is -2.37. The monoisotopic (exact) mass is 308 g/mol. The minimum atomic E-state index is -0.575. The van der Waals surface area contributed by atoms with Gasteiger partial charge in [-0.3, -0.25) is 4.79 Å². The quantitative estimate of drug-likeness (QED) is 0.927. The Kier molecular flexibility index (Phi) is 5.28. The topological polar surface area (TPSA) is 32.3 Å². The lowest BCUT2D eigenvalue weighted by atomic mass is 9.82. The average molecular weight is 309 g/mol. The second-order valence-corrected chi connectivity index (χ2v) is 6.81. The predicted molar refractivity (Wildman–Crippen MR) is 87.7 cm³/mol. The van der Waals surface area contributed by atoms with Crippen LogP contribution in [0.1, 0.15) is 32.3 Å². The highest BCUT2D eigenvalue weighted by atomic mass is 35.5. The maximum absolute atomic E-state index is 12.9. The van der Waals surface area contributed by atoms with Gasteiger partial charge in [-0.25, -0.2) is 0 Å². The van der Waals surface area contributed by atoms with Crippen molar-refractivity contribution < 1.29 is 4.79 Å². The molecule has 1 aromatic carbocycles. The molecule has 0 radical (unpaired) electrons. The standard InChI is InChI=1S/C17H25ClN2O/c1-17(2,14-6-4-5-7-15(14)18)16(21)20-10-8-13(9-11-20)12-19-3/h4-7,13,19H,8-12H2,1-3H3. The van der Waals surface area contributed by atoms with Crippen LogP contribution in [0.3, 0.4) is 0 Å². The Morgan fingerprint density at radius 2 is 1.95 bits per heavy atom. The van der Waals surface area contributed by atoms with Gasteiger partial charge in [0, 0.05) is 18.1 Å². The number of nitrogens with one attached hydrogen (secondary N) is 1. The molecule has 1 aliphatic rings. The average Bonchev–Trinajstić information content (AvgIpc) is 2.48. The third-order valence-electron chi connectivity index (χ3n) is 4.48. The fraction of sp³-hybridized carbons (Fsp3) is 0.588. The van der Waals surface area contributed by atoms with E-state index in [0.717, 1.165) is 38.0 Å². The number of amides is 1. The van der Waals surface area contributed by atoms with Gasteiger partial charge in [-0.1, -0.05) is 29.8 Å². The van der Waals surface area contributed by atoms with E-state index in [-0.39, 0.29) is 5.91 Å². The van der Waals surface area contributed by atoms with Crippen molar-refractivity contribution in [1.29, 1.82) is 0 Å². The molecule has 1 saturated heterocycles. The van der Waals surface area contributed by atoms with Crippen LogP contribution in [-0.4, -0.2) is 37.5 Å². The number of likely N-dealkylation sites (tertiary alicyclic amines) is 1. The summed E-state index contributed by atoms with van der Waals surface area (Å²) >= 11 is 6.28. The van der Waals surface area contributed by atoms with Gasteiger partial charge in [-0.05, 0) is 57.8 Å². The Hall–Kier alpha value is -1.06. The molecule has 1 aliphatic heterocycles. The molecule has 0 aromatic heterocycles. The summed E-state index contributed by atoms with van der Waals surface area (Å²) in [5, 5.41) is 3.89. The number of halogens is 1. The molecule has 116 valence electrons. The van der Waals surface area contributed by atoms with Crippen LogP contribution in [0.15, 0.2) is 24.3 Å². The highest BCUT2D eigenvalue weighted by Crippen LogP contribution is 2.32. The number of hydrogen-bond donors (Lipinski definition) is 1. The van der Waals surface area contributed by atoms with Crippen LogP contribution >= 0.6 is 11.6 Å². The van der Waals surface area contributed by atoms with E-state index < -0.39 is 5.41 Å². The van der Waals surface area contributed by atoms with Crippen molar-refractivity contribution in [2.24, 2.45) is 5.92 Å². The minimum Gasteiger partial charge on any atom is -0.342 e. The van der Waals surface area contributed by atoms with Gasteiger partial charge in [0.1, 0.15) is 0 Å². The van der Waals surface area contributed by atoms with Crippen molar-refractivity contribution in [3.05, 3.63) is 34.9 Å². The molecule has 1 fully saturated rings. The van der Waals surface area contributed by atoms with Gasteiger partial charge >= 0.3 is 0 Å². The Morgan fingerprint density at radius 1 is 1.33 bits per heavy atom. The first kappa shape index (κ1) is 16.3. The summed E-state index contributed by atoms with van der Waals surface area (Å²) in [5.74, 6) is 0.862. The second-order valence-electron chi connectivity index (χ2n) is 6.40. The molecule has 4 heteroatoms. The van der Waals surface area contributed by atoms with Crippen LogP contribution in [0.4, 0.5) is 0 Å². The molecule has 1 heterocycles. The van der Waals surface area contributed by atoms with Crippen LogP contribution in [0.2, 0.25) is 5.02 Å². The van der Waals surface area contributed by atoms with E-state index in [0.29, 0.717) is 10.9 Å². The number of nitrogens with zero attached hydrogens (tertiary/aromatic N) is 1. The normalized spacial score (nSPS) is 17.0. The molecule has 2 rings (SSSR count). The Balaban J connectivity index is 2.08. The Labute approximate surface area is 132 Å². The molecule has 0 aliphatic carbocycles. The second kappa shape index (κ2) is 6.80. The molecule has 0 spiro atoms. The number of piperidine rings is 1. The van der Waals surface area contributed by atoms with Crippen molar-refractivity contribution in [1.82, 2.24) is 10.2 Å². The van der Waals surface area contributed by atoms with E-state index in [1.54, 1.807) is 0 Å². The SMILES string of the molecule is CNCC1CCN(C(=O)C(C)(C)c2ccccc2Cl)CC1. The minimum absolute atomic E-state index is 0.179. The van der Waals surface area contributed by atoms with Crippen LogP contribution in [-0.2, 0) is 10.2 Å². The summed E-state index contributed by atoms with van der Waals surface area (Å²) in [6.07, 6.45) is 2.15. The van der Waals surface area contributed by atoms with Crippen molar-refractivity contribution in [3.63, 3.8) is 0 Å². The largest absolute Gasteiger partial charge is 0.342 e. The number of carbonyl (C=O) groups is 1. The fourth-order valence-corrected chi connectivity index (χ4v) is 3.48. The first-order valence-corrected chi connectivity index (χ1v) is 8.03. The van der Waals surface area contributed by atoms with Crippen LogP contribution in [0.25, 0.3) is 0 Å². The lowest BCUT2D eigenvalue weighted by molar-refractivity contribution is -0.137. The van der Waals surface area contributed by atoms with E-state index in [1.165, 1.54) is 0 Å². The third kappa shape index (κ3) is 3.58. The lowest BCUT2D eigenvalue weighted by Crippen LogP contribution is -2.47. The molecule has 0 unspecified atom stereocenters. The summed E-state index contributed by atoms with van der Waals surface area (Å²) in [5.41, 5.74) is 0.336. The van der Waals surface area contributed by atoms with E-state index >= 15 is 0 Å². The first-order valence-electron chi connectivity index (χ1n) is 7.65. The first-order chi connectivity index (χ1) is 9.96. The summed E-state index contributed by atoms with van der Waals surface area (Å²) in [6.45, 7) is 6.67. The number of rotatable bonds is 4. The maximum atomic E-state index is 12.9. The maximum Gasteiger partial charge on any atom is 0.232 e. The highest BCUT2D eigenvalue weighted by molar-refractivity contribution is 6.31. The molecule has 1 N–H and O–H groups in total. The highest BCUT2D eigenvalue weighted by Gasteiger charge is 2.36. The molecule has 3 nitrogen and oxygen atoms in total. The van der Waals surface area contributed by atoms with Gasteiger partial charge in [-0.2, -0.15) is 0 Å². The molecule has 0 bridgehead atoms. The van der Waals surface area contributed by atoms with Gasteiger partial charge in [0.25, 0.3) is 0 Å². The zero-order valence-electron chi connectivity index (χ0n) is 13.2. The fourth-order valence-electron chi connectivity index (χ4n) is 3.11. The van der Waals surface area contributed by atoms with Gasteiger partial charge in [0.05, 0.1) is 5.41 Å². The van der Waals surface area contributed by atoms with Gasteiger partial charge in [0.15, 0.2) is 0 Å². The van der Waals surface area contributed by atoms with Crippen molar-refractivity contribution >= 4 is 17.5 Å². The zero-order chi connectivity index (χ0) is 15.5.